The lowest BCUT2D eigenvalue weighted by molar-refractivity contribution is -0.176. The van der Waals surface area contributed by atoms with E-state index in [4.69, 9.17) is 11.6 Å². The maximum atomic E-state index is 13.6. The Morgan fingerprint density at radius 1 is 1.39 bits per heavy atom. The minimum atomic E-state index is -4.25. The third-order valence-electron chi connectivity index (χ3n) is 2.97. The number of piperidine rings is 1. The van der Waals surface area contributed by atoms with Crippen LogP contribution in [-0.4, -0.2) is 24.2 Å². The molecular formula is C11H11ClF4N2. The molecule has 2 rings (SSSR count). The molecule has 2 nitrogen and oxygen atoms in total. The number of anilines is 1. The van der Waals surface area contributed by atoms with Gasteiger partial charge in [0, 0.05) is 19.3 Å². The van der Waals surface area contributed by atoms with Crippen LogP contribution >= 0.6 is 11.6 Å². The highest BCUT2D eigenvalue weighted by atomic mass is 35.5. The van der Waals surface area contributed by atoms with Gasteiger partial charge in [0.05, 0.1) is 10.9 Å². The van der Waals surface area contributed by atoms with Crippen LogP contribution in [0.3, 0.4) is 0 Å². The van der Waals surface area contributed by atoms with Crippen LogP contribution in [0.2, 0.25) is 5.02 Å². The van der Waals surface area contributed by atoms with Crippen LogP contribution in [0.1, 0.15) is 12.8 Å². The van der Waals surface area contributed by atoms with Gasteiger partial charge in [-0.15, -0.1) is 0 Å². The zero-order valence-corrected chi connectivity index (χ0v) is 10.1. The molecule has 1 saturated heterocycles. The molecule has 1 fully saturated rings. The van der Waals surface area contributed by atoms with Gasteiger partial charge in [0.2, 0.25) is 0 Å². The van der Waals surface area contributed by atoms with E-state index in [9.17, 15) is 17.6 Å². The van der Waals surface area contributed by atoms with Gasteiger partial charge >= 0.3 is 6.18 Å². The molecule has 1 atom stereocenters. The van der Waals surface area contributed by atoms with Gasteiger partial charge in [-0.3, -0.25) is 0 Å². The molecule has 0 amide bonds. The molecule has 1 aliphatic heterocycles. The van der Waals surface area contributed by atoms with Crippen LogP contribution in [0.25, 0.3) is 0 Å². The molecule has 0 N–H and O–H groups in total. The summed E-state index contributed by atoms with van der Waals surface area (Å²) in [5, 5.41) is 0.126. The van der Waals surface area contributed by atoms with Gasteiger partial charge in [0.1, 0.15) is 0 Å². The van der Waals surface area contributed by atoms with Gasteiger partial charge in [-0.25, -0.2) is 9.37 Å². The minimum Gasteiger partial charge on any atom is -0.354 e. The molecule has 0 aromatic carbocycles. The van der Waals surface area contributed by atoms with E-state index >= 15 is 0 Å². The van der Waals surface area contributed by atoms with Crippen molar-refractivity contribution < 1.29 is 17.6 Å². The molecule has 0 spiro atoms. The van der Waals surface area contributed by atoms with Crippen molar-refractivity contribution in [3.05, 3.63) is 23.1 Å². The van der Waals surface area contributed by atoms with Crippen molar-refractivity contribution in [1.82, 2.24) is 4.98 Å². The minimum absolute atomic E-state index is 0.0617. The Hall–Kier alpha value is -1.04. The number of nitrogens with zero attached hydrogens (tertiary/aromatic N) is 2. The smallest absolute Gasteiger partial charge is 0.354 e. The molecule has 1 aromatic heterocycles. The lowest BCUT2D eigenvalue weighted by atomic mass is 9.97. The molecule has 18 heavy (non-hydrogen) atoms. The molecule has 0 radical (unpaired) electrons. The Labute approximate surface area is 107 Å². The summed E-state index contributed by atoms with van der Waals surface area (Å²) in [6.45, 7) is 0.118. The molecule has 0 bridgehead atoms. The second kappa shape index (κ2) is 4.91. The van der Waals surface area contributed by atoms with Gasteiger partial charge in [0.25, 0.3) is 0 Å². The number of pyridine rings is 1. The largest absolute Gasteiger partial charge is 0.393 e. The number of aromatic nitrogens is 1. The molecule has 1 aliphatic rings. The van der Waals surface area contributed by atoms with Gasteiger partial charge in [-0.05, 0) is 18.9 Å². The summed E-state index contributed by atoms with van der Waals surface area (Å²) >= 11 is 5.56. The lowest BCUT2D eigenvalue weighted by Gasteiger charge is -2.34. The van der Waals surface area contributed by atoms with Gasteiger partial charge < -0.3 is 4.90 Å². The molecule has 1 unspecified atom stereocenters. The molecule has 100 valence electrons. The zero-order chi connectivity index (χ0) is 13.3. The topological polar surface area (TPSA) is 16.1 Å². The van der Waals surface area contributed by atoms with Crippen molar-refractivity contribution in [3.63, 3.8) is 0 Å². The van der Waals surface area contributed by atoms with Crippen LogP contribution < -0.4 is 4.90 Å². The number of alkyl halides is 3. The zero-order valence-electron chi connectivity index (χ0n) is 9.34. The first-order chi connectivity index (χ1) is 8.38. The molecule has 2 heterocycles. The van der Waals surface area contributed by atoms with Crippen LogP contribution in [-0.2, 0) is 0 Å². The summed E-state index contributed by atoms with van der Waals surface area (Å²) in [5.41, 5.74) is 0. The standard InChI is InChI=1S/C11H11ClF4N2/c12-8-4-9(13)10(17-5-8)18-3-1-2-7(6-18)11(14,15)16/h4-5,7H,1-3,6H2. The maximum Gasteiger partial charge on any atom is 0.393 e. The molecule has 0 aliphatic carbocycles. The third-order valence-corrected chi connectivity index (χ3v) is 3.18. The van der Waals surface area contributed by atoms with Gasteiger partial charge in [-0.1, -0.05) is 11.6 Å². The SMILES string of the molecule is Fc1cc(Cl)cnc1N1CCCC(C(F)(F)F)C1. The number of hydrogen-bond acceptors (Lipinski definition) is 2. The summed E-state index contributed by atoms with van der Waals surface area (Å²) in [7, 11) is 0. The van der Waals surface area contributed by atoms with E-state index in [1.165, 1.54) is 11.1 Å². The predicted octanol–water partition coefficient (Wildman–Crippen LogP) is 3.65. The lowest BCUT2D eigenvalue weighted by Crippen LogP contribution is -2.42. The van der Waals surface area contributed by atoms with Crippen LogP contribution in [0.15, 0.2) is 12.3 Å². The summed E-state index contributed by atoms with van der Waals surface area (Å²) in [5.74, 6) is -2.18. The first kappa shape index (κ1) is 13.4. The van der Waals surface area contributed by atoms with Crippen LogP contribution in [0, 0.1) is 11.7 Å². The van der Waals surface area contributed by atoms with Crippen LogP contribution in [0.5, 0.6) is 0 Å². The molecular weight excluding hydrogens is 272 g/mol. The Morgan fingerprint density at radius 2 is 2.11 bits per heavy atom. The maximum absolute atomic E-state index is 13.6. The number of halogens is 5. The average Bonchev–Trinajstić information content (AvgIpc) is 2.28. The van der Waals surface area contributed by atoms with E-state index in [0.717, 1.165) is 6.07 Å². The van der Waals surface area contributed by atoms with Crippen molar-refractivity contribution in [3.8, 4) is 0 Å². The highest BCUT2D eigenvalue weighted by Gasteiger charge is 2.42. The number of rotatable bonds is 1. The monoisotopic (exact) mass is 282 g/mol. The highest BCUT2D eigenvalue weighted by molar-refractivity contribution is 6.30. The highest BCUT2D eigenvalue weighted by Crippen LogP contribution is 2.35. The Kier molecular flexibility index (Phi) is 3.66. The first-order valence-corrected chi connectivity index (χ1v) is 5.88. The summed E-state index contributed by atoms with van der Waals surface area (Å²) in [4.78, 5) is 5.10. The second-order valence-corrected chi connectivity index (χ2v) is 4.72. The van der Waals surface area contributed by atoms with Gasteiger partial charge in [0.15, 0.2) is 11.6 Å². The van der Waals surface area contributed by atoms with Gasteiger partial charge in [-0.2, -0.15) is 13.2 Å². The van der Waals surface area contributed by atoms with E-state index in [0.29, 0.717) is 13.0 Å². The van der Waals surface area contributed by atoms with E-state index in [1.54, 1.807) is 0 Å². The Morgan fingerprint density at radius 3 is 2.72 bits per heavy atom. The summed E-state index contributed by atoms with van der Waals surface area (Å²) in [6, 6.07) is 1.06. The number of hydrogen-bond donors (Lipinski definition) is 0. The fraction of sp³-hybridized carbons (Fsp3) is 0.545. The fourth-order valence-corrected chi connectivity index (χ4v) is 2.22. The first-order valence-electron chi connectivity index (χ1n) is 5.50. The van der Waals surface area contributed by atoms with Crippen molar-refractivity contribution in [2.24, 2.45) is 5.92 Å². The van der Waals surface area contributed by atoms with E-state index in [2.05, 4.69) is 4.98 Å². The second-order valence-electron chi connectivity index (χ2n) is 4.29. The summed E-state index contributed by atoms with van der Waals surface area (Å²) < 4.78 is 51.5. The van der Waals surface area contributed by atoms with Crippen molar-refractivity contribution in [1.29, 1.82) is 0 Å². The average molecular weight is 283 g/mol. The molecule has 0 saturated carbocycles. The fourth-order valence-electron chi connectivity index (χ4n) is 2.08. The summed E-state index contributed by atoms with van der Waals surface area (Å²) in [6.07, 6.45) is -2.57. The van der Waals surface area contributed by atoms with E-state index in [-0.39, 0.29) is 23.8 Å². The molecule has 7 heteroatoms. The third kappa shape index (κ3) is 2.85. The van der Waals surface area contributed by atoms with Crippen molar-refractivity contribution in [2.45, 2.75) is 19.0 Å². The Balaban J connectivity index is 2.18. The predicted molar refractivity (Wildman–Crippen MR) is 60.2 cm³/mol. The van der Waals surface area contributed by atoms with E-state index in [1.807, 2.05) is 0 Å². The van der Waals surface area contributed by atoms with Crippen molar-refractivity contribution >= 4 is 17.4 Å². The Bertz CT molecular complexity index is 436. The molecule has 1 aromatic rings. The van der Waals surface area contributed by atoms with Crippen molar-refractivity contribution in [2.75, 3.05) is 18.0 Å². The quantitative estimate of drug-likeness (QED) is 0.731. The normalized spacial score (nSPS) is 21.2. The van der Waals surface area contributed by atoms with E-state index < -0.39 is 17.9 Å². The van der Waals surface area contributed by atoms with Crippen LogP contribution in [0.4, 0.5) is 23.4 Å².